The van der Waals surface area contributed by atoms with E-state index in [1.54, 1.807) is 6.07 Å². The minimum atomic E-state index is -0.128. The fourth-order valence-electron chi connectivity index (χ4n) is 2.14. The summed E-state index contributed by atoms with van der Waals surface area (Å²) in [6.45, 7) is 3.56. The Hall–Kier alpha value is -1.90. The third-order valence-electron chi connectivity index (χ3n) is 3.06. The van der Waals surface area contributed by atoms with Gasteiger partial charge in [0.15, 0.2) is 5.78 Å². The Morgan fingerprint density at radius 1 is 1.33 bits per heavy atom. The van der Waals surface area contributed by atoms with E-state index in [1.165, 1.54) is 6.92 Å². The molecule has 0 saturated carbocycles. The molecular formula is C15H17NO2. The summed E-state index contributed by atoms with van der Waals surface area (Å²) in [4.78, 5) is 16.2. The fraction of sp³-hybridized carbons (Fsp3) is 0.333. The Labute approximate surface area is 106 Å². The molecule has 2 rings (SSSR count). The van der Waals surface area contributed by atoms with E-state index in [0.29, 0.717) is 16.6 Å². The summed E-state index contributed by atoms with van der Waals surface area (Å²) in [6, 6.07) is 7.35. The average Bonchev–Trinajstić information content (AvgIpc) is 2.36. The second-order valence-electron chi connectivity index (χ2n) is 4.46. The van der Waals surface area contributed by atoms with Crippen molar-refractivity contribution in [2.45, 2.75) is 33.1 Å². The number of nitrogens with zero attached hydrogens (tertiary/aromatic N) is 1. The summed E-state index contributed by atoms with van der Waals surface area (Å²) in [5, 5.41) is 10.9. The zero-order valence-corrected chi connectivity index (χ0v) is 10.7. The van der Waals surface area contributed by atoms with Gasteiger partial charge in [0.05, 0.1) is 16.8 Å². The van der Waals surface area contributed by atoms with Gasteiger partial charge in [0.2, 0.25) is 0 Å². The lowest BCUT2D eigenvalue weighted by Crippen LogP contribution is -2.04. The SMILES string of the molecule is CCCCc1nc2ccccc2c(O)c1C(C)=O. The third-order valence-corrected chi connectivity index (χ3v) is 3.06. The van der Waals surface area contributed by atoms with Crippen molar-refractivity contribution < 1.29 is 9.90 Å². The number of pyridine rings is 1. The molecule has 3 nitrogen and oxygen atoms in total. The number of benzene rings is 1. The highest BCUT2D eigenvalue weighted by atomic mass is 16.3. The van der Waals surface area contributed by atoms with Crippen LogP contribution >= 0.6 is 0 Å². The second kappa shape index (κ2) is 5.17. The van der Waals surface area contributed by atoms with Gasteiger partial charge in [-0.2, -0.15) is 0 Å². The van der Waals surface area contributed by atoms with Gasteiger partial charge in [-0.15, -0.1) is 0 Å². The average molecular weight is 243 g/mol. The van der Waals surface area contributed by atoms with E-state index in [1.807, 2.05) is 18.2 Å². The number of carbonyl (C=O) groups is 1. The first-order chi connectivity index (χ1) is 8.65. The molecule has 0 bridgehead atoms. The summed E-state index contributed by atoms with van der Waals surface area (Å²) in [7, 11) is 0. The van der Waals surface area contributed by atoms with Gasteiger partial charge in [-0.25, -0.2) is 0 Å². The quantitative estimate of drug-likeness (QED) is 0.836. The van der Waals surface area contributed by atoms with Crippen LogP contribution in [-0.2, 0) is 6.42 Å². The lowest BCUT2D eigenvalue weighted by molar-refractivity contribution is 0.101. The van der Waals surface area contributed by atoms with E-state index in [-0.39, 0.29) is 11.5 Å². The number of ketones is 1. The van der Waals surface area contributed by atoms with Crippen molar-refractivity contribution in [3.8, 4) is 5.75 Å². The van der Waals surface area contributed by atoms with Crippen LogP contribution in [0.2, 0.25) is 0 Å². The van der Waals surface area contributed by atoms with Gasteiger partial charge >= 0.3 is 0 Å². The molecular weight excluding hydrogens is 226 g/mol. The molecule has 0 unspecified atom stereocenters. The van der Waals surface area contributed by atoms with Crippen molar-refractivity contribution in [2.24, 2.45) is 0 Å². The van der Waals surface area contributed by atoms with Crippen molar-refractivity contribution in [2.75, 3.05) is 0 Å². The number of fused-ring (bicyclic) bond motifs is 1. The van der Waals surface area contributed by atoms with Crippen LogP contribution in [0.25, 0.3) is 10.9 Å². The smallest absolute Gasteiger partial charge is 0.165 e. The monoisotopic (exact) mass is 243 g/mol. The van der Waals surface area contributed by atoms with E-state index in [0.717, 1.165) is 24.8 Å². The number of carbonyl (C=O) groups excluding carboxylic acids is 1. The van der Waals surface area contributed by atoms with Crippen molar-refractivity contribution >= 4 is 16.7 Å². The molecule has 3 heteroatoms. The predicted octanol–water partition coefficient (Wildman–Crippen LogP) is 3.49. The normalized spacial score (nSPS) is 10.8. The van der Waals surface area contributed by atoms with Crippen LogP contribution in [0.4, 0.5) is 0 Å². The summed E-state index contributed by atoms with van der Waals surface area (Å²) < 4.78 is 0. The van der Waals surface area contributed by atoms with Crippen LogP contribution < -0.4 is 0 Å². The highest BCUT2D eigenvalue weighted by molar-refractivity contribution is 6.03. The van der Waals surface area contributed by atoms with Gasteiger partial charge < -0.3 is 5.11 Å². The zero-order chi connectivity index (χ0) is 13.1. The van der Waals surface area contributed by atoms with Crippen molar-refractivity contribution in [3.63, 3.8) is 0 Å². The van der Waals surface area contributed by atoms with Crippen LogP contribution in [-0.4, -0.2) is 15.9 Å². The molecule has 0 spiro atoms. The zero-order valence-electron chi connectivity index (χ0n) is 10.7. The molecule has 18 heavy (non-hydrogen) atoms. The highest BCUT2D eigenvalue weighted by Gasteiger charge is 2.17. The Kier molecular flexibility index (Phi) is 3.60. The van der Waals surface area contributed by atoms with Crippen LogP contribution in [0, 0.1) is 0 Å². The number of hydrogen-bond acceptors (Lipinski definition) is 3. The minimum absolute atomic E-state index is 0.0687. The van der Waals surface area contributed by atoms with Crippen molar-refractivity contribution in [1.29, 1.82) is 0 Å². The van der Waals surface area contributed by atoms with Crippen LogP contribution in [0.1, 0.15) is 42.7 Å². The first-order valence-corrected chi connectivity index (χ1v) is 6.26. The number of rotatable bonds is 4. The molecule has 0 aliphatic carbocycles. The molecule has 94 valence electrons. The lowest BCUT2D eigenvalue weighted by atomic mass is 10.0. The standard InChI is InChI=1S/C15H17NO2/c1-3-4-8-13-14(10(2)17)15(18)11-7-5-6-9-12(11)16-13/h5-7,9H,3-4,8H2,1-2H3,(H,16,18). The predicted molar refractivity (Wildman–Crippen MR) is 72.0 cm³/mol. The van der Waals surface area contributed by atoms with Crippen molar-refractivity contribution in [1.82, 2.24) is 4.98 Å². The Morgan fingerprint density at radius 2 is 2.06 bits per heavy atom. The number of para-hydroxylation sites is 1. The maximum Gasteiger partial charge on any atom is 0.165 e. The third kappa shape index (κ3) is 2.21. The largest absolute Gasteiger partial charge is 0.506 e. The van der Waals surface area contributed by atoms with E-state index < -0.39 is 0 Å². The molecule has 0 amide bonds. The molecule has 0 fully saturated rings. The van der Waals surface area contributed by atoms with Gasteiger partial charge in [-0.3, -0.25) is 9.78 Å². The first kappa shape index (κ1) is 12.6. The highest BCUT2D eigenvalue weighted by Crippen LogP contribution is 2.30. The maximum atomic E-state index is 11.7. The second-order valence-corrected chi connectivity index (χ2v) is 4.46. The van der Waals surface area contributed by atoms with Gasteiger partial charge in [-0.05, 0) is 31.9 Å². The Balaban J connectivity index is 2.67. The molecule has 0 radical (unpaired) electrons. The van der Waals surface area contributed by atoms with E-state index >= 15 is 0 Å². The Morgan fingerprint density at radius 3 is 2.72 bits per heavy atom. The molecule has 0 aliphatic rings. The fourth-order valence-corrected chi connectivity index (χ4v) is 2.14. The number of aromatic hydroxyl groups is 1. The van der Waals surface area contributed by atoms with Crippen LogP contribution in [0.15, 0.2) is 24.3 Å². The van der Waals surface area contributed by atoms with Gasteiger partial charge in [0, 0.05) is 5.39 Å². The van der Waals surface area contributed by atoms with Crippen molar-refractivity contribution in [3.05, 3.63) is 35.5 Å². The van der Waals surface area contributed by atoms with Crippen LogP contribution in [0.3, 0.4) is 0 Å². The van der Waals surface area contributed by atoms with Gasteiger partial charge in [-0.1, -0.05) is 25.5 Å². The first-order valence-electron chi connectivity index (χ1n) is 6.26. The van der Waals surface area contributed by atoms with Gasteiger partial charge in [0.1, 0.15) is 5.75 Å². The molecule has 1 N–H and O–H groups in total. The number of hydrogen-bond donors (Lipinski definition) is 1. The van der Waals surface area contributed by atoms with E-state index in [4.69, 9.17) is 0 Å². The van der Waals surface area contributed by atoms with Gasteiger partial charge in [0.25, 0.3) is 0 Å². The lowest BCUT2D eigenvalue weighted by Gasteiger charge is -2.11. The molecule has 1 aromatic heterocycles. The summed E-state index contributed by atoms with van der Waals surface area (Å²) in [6.07, 6.45) is 2.72. The number of aromatic nitrogens is 1. The topological polar surface area (TPSA) is 50.2 Å². The summed E-state index contributed by atoms with van der Waals surface area (Å²) in [5.41, 5.74) is 1.83. The molecule has 1 heterocycles. The molecule has 2 aromatic rings. The number of Topliss-reactive ketones (excluding diaryl/α,β-unsaturated/α-hetero) is 1. The molecule has 0 aliphatic heterocycles. The maximum absolute atomic E-state index is 11.7. The number of aryl methyl sites for hydroxylation is 1. The summed E-state index contributed by atoms with van der Waals surface area (Å²) >= 11 is 0. The molecule has 1 aromatic carbocycles. The van der Waals surface area contributed by atoms with Crippen LogP contribution in [0.5, 0.6) is 5.75 Å². The van der Waals surface area contributed by atoms with E-state index in [9.17, 15) is 9.90 Å². The number of unbranched alkanes of at least 4 members (excludes halogenated alkanes) is 1. The molecule has 0 atom stereocenters. The van der Waals surface area contributed by atoms with E-state index in [2.05, 4.69) is 11.9 Å². The molecule has 0 saturated heterocycles. The summed E-state index contributed by atoms with van der Waals surface area (Å²) in [5.74, 6) is -0.0592. The minimum Gasteiger partial charge on any atom is -0.506 e. The Bertz CT molecular complexity index is 590.